The number of nitrogens with two attached hydrogens (primary N) is 1. The van der Waals surface area contributed by atoms with Crippen LogP contribution >= 0.6 is 11.6 Å². The molecular weight excluding hydrogens is 220 g/mol. The molecule has 0 radical (unpaired) electrons. The van der Waals surface area contributed by atoms with E-state index in [0.29, 0.717) is 0 Å². The Morgan fingerprint density at radius 3 is 2.75 bits per heavy atom. The first-order valence-corrected chi connectivity index (χ1v) is 6.02. The topological polar surface area (TPSA) is 30.9 Å². The molecule has 2 nitrogen and oxygen atoms in total. The standard InChI is InChI=1S/C13H15ClN2/c1-16-8-10(14)12-9(4-2-5-11(12)16)13(15)6-3-7-13/h2,4-5,8H,3,6-7,15H2,1H3. The van der Waals surface area contributed by atoms with Crippen molar-refractivity contribution in [1.82, 2.24) is 4.57 Å². The van der Waals surface area contributed by atoms with Crippen molar-refractivity contribution < 1.29 is 0 Å². The Morgan fingerprint density at radius 2 is 2.12 bits per heavy atom. The highest BCUT2D eigenvalue weighted by Crippen LogP contribution is 2.43. The molecular formula is C13H15ClN2. The summed E-state index contributed by atoms with van der Waals surface area (Å²) in [5, 5.41) is 1.94. The van der Waals surface area contributed by atoms with Crippen LogP contribution in [0.25, 0.3) is 10.9 Å². The molecule has 1 aromatic carbocycles. The Balaban J connectivity index is 2.32. The third-order valence-corrected chi connectivity index (χ3v) is 4.04. The Labute approximate surface area is 100.0 Å². The summed E-state index contributed by atoms with van der Waals surface area (Å²) in [5.41, 5.74) is 8.63. The zero-order valence-electron chi connectivity index (χ0n) is 9.33. The predicted molar refractivity (Wildman–Crippen MR) is 67.6 cm³/mol. The number of hydrogen-bond donors (Lipinski definition) is 1. The van der Waals surface area contributed by atoms with E-state index in [1.807, 2.05) is 13.2 Å². The van der Waals surface area contributed by atoms with Crippen LogP contribution in [0.3, 0.4) is 0 Å². The first-order valence-electron chi connectivity index (χ1n) is 5.65. The molecule has 16 heavy (non-hydrogen) atoms. The molecule has 2 N–H and O–H groups in total. The van der Waals surface area contributed by atoms with E-state index in [1.165, 1.54) is 17.5 Å². The predicted octanol–water partition coefficient (Wildman–Crippen LogP) is 3.17. The van der Waals surface area contributed by atoms with Gasteiger partial charge in [0.1, 0.15) is 0 Å². The number of nitrogens with zero attached hydrogens (tertiary/aromatic N) is 1. The van der Waals surface area contributed by atoms with Gasteiger partial charge >= 0.3 is 0 Å². The largest absolute Gasteiger partial charge is 0.349 e. The monoisotopic (exact) mass is 234 g/mol. The summed E-state index contributed by atoms with van der Waals surface area (Å²) in [4.78, 5) is 0. The molecule has 2 aromatic rings. The number of fused-ring (bicyclic) bond motifs is 1. The van der Waals surface area contributed by atoms with Crippen LogP contribution in [0.1, 0.15) is 24.8 Å². The van der Waals surface area contributed by atoms with E-state index < -0.39 is 0 Å². The average molecular weight is 235 g/mol. The first-order chi connectivity index (χ1) is 7.62. The Bertz CT molecular complexity index is 552. The van der Waals surface area contributed by atoms with Gasteiger partial charge in [0.25, 0.3) is 0 Å². The SMILES string of the molecule is Cn1cc(Cl)c2c(C3(N)CCC3)cccc21. The molecule has 0 spiro atoms. The van der Waals surface area contributed by atoms with E-state index in [4.69, 9.17) is 17.3 Å². The summed E-state index contributed by atoms with van der Waals surface area (Å²) in [6.45, 7) is 0. The van der Waals surface area contributed by atoms with Crippen molar-refractivity contribution in [3.63, 3.8) is 0 Å². The summed E-state index contributed by atoms with van der Waals surface area (Å²) in [7, 11) is 2.02. The van der Waals surface area contributed by atoms with E-state index in [-0.39, 0.29) is 5.54 Å². The molecule has 0 atom stereocenters. The molecule has 1 aliphatic rings. The third-order valence-electron chi connectivity index (χ3n) is 3.75. The van der Waals surface area contributed by atoms with Crippen LogP contribution in [0.4, 0.5) is 0 Å². The van der Waals surface area contributed by atoms with Crippen LogP contribution in [0.15, 0.2) is 24.4 Å². The summed E-state index contributed by atoms with van der Waals surface area (Å²) in [6, 6.07) is 6.28. The summed E-state index contributed by atoms with van der Waals surface area (Å²) >= 11 is 6.29. The van der Waals surface area contributed by atoms with Crippen molar-refractivity contribution in [3.05, 3.63) is 35.0 Å². The molecule has 0 aliphatic heterocycles. The van der Waals surface area contributed by atoms with Crippen LogP contribution < -0.4 is 5.73 Å². The second kappa shape index (κ2) is 3.25. The number of aryl methyl sites for hydroxylation is 1. The highest BCUT2D eigenvalue weighted by Gasteiger charge is 2.36. The van der Waals surface area contributed by atoms with E-state index in [9.17, 15) is 0 Å². The Kier molecular flexibility index (Phi) is 2.07. The fourth-order valence-corrected chi connectivity index (χ4v) is 2.98. The zero-order valence-corrected chi connectivity index (χ0v) is 10.1. The lowest BCUT2D eigenvalue weighted by Crippen LogP contribution is -2.43. The minimum atomic E-state index is -0.148. The van der Waals surface area contributed by atoms with Crippen molar-refractivity contribution in [2.24, 2.45) is 12.8 Å². The van der Waals surface area contributed by atoms with Gasteiger partial charge in [0.15, 0.2) is 0 Å². The second-order valence-electron chi connectivity index (χ2n) is 4.80. The zero-order chi connectivity index (χ0) is 11.3. The lowest BCUT2D eigenvalue weighted by molar-refractivity contribution is 0.256. The third kappa shape index (κ3) is 1.23. The van der Waals surface area contributed by atoms with E-state index in [2.05, 4.69) is 22.8 Å². The van der Waals surface area contributed by atoms with Crippen LogP contribution in [0.5, 0.6) is 0 Å². The van der Waals surface area contributed by atoms with Gasteiger partial charge in [0, 0.05) is 29.7 Å². The molecule has 0 unspecified atom stereocenters. The first kappa shape index (κ1) is 10.2. The van der Waals surface area contributed by atoms with E-state index in [0.717, 1.165) is 23.3 Å². The minimum absolute atomic E-state index is 0.148. The smallest absolute Gasteiger partial charge is 0.0664 e. The van der Waals surface area contributed by atoms with Gasteiger partial charge in [-0.3, -0.25) is 0 Å². The van der Waals surface area contributed by atoms with Gasteiger partial charge in [0.2, 0.25) is 0 Å². The molecule has 0 saturated heterocycles. The summed E-state index contributed by atoms with van der Waals surface area (Å²) < 4.78 is 2.06. The normalized spacial score (nSPS) is 18.7. The highest BCUT2D eigenvalue weighted by molar-refractivity contribution is 6.36. The fourth-order valence-electron chi connectivity index (χ4n) is 2.63. The summed E-state index contributed by atoms with van der Waals surface area (Å²) in [6.07, 6.45) is 5.31. The molecule has 0 bridgehead atoms. The van der Waals surface area contributed by atoms with Crippen molar-refractivity contribution >= 4 is 22.5 Å². The average Bonchev–Trinajstić information content (AvgIpc) is 2.52. The van der Waals surface area contributed by atoms with Crippen LogP contribution in [-0.2, 0) is 12.6 Å². The lowest BCUT2D eigenvalue weighted by atomic mass is 9.72. The minimum Gasteiger partial charge on any atom is -0.349 e. The maximum Gasteiger partial charge on any atom is 0.0664 e. The quantitative estimate of drug-likeness (QED) is 0.807. The molecule has 3 heteroatoms. The molecule has 0 amide bonds. The molecule has 1 aromatic heterocycles. The maximum atomic E-state index is 6.40. The van der Waals surface area contributed by atoms with Gasteiger partial charge in [-0.15, -0.1) is 0 Å². The van der Waals surface area contributed by atoms with Crippen molar-refractivity contribution in [2.45, 2.75) is 24.8 Å². The van der Waals surface area contributed by atoms with Gasteiger partial charge < -0.3 is 10.3 Å². The van der Waals surface area contributed by atoms with E-state index >= 15 is 0 Å². The van der Waals surface area contributed by atoms with Crippen molar-refractivity contribution in [1.29, 1.82) is 0 Å². The number of halogens is 1. The Morgan fingerprint density at radius 1 is 1.38 bits per heavy atom. The van der Waals surface area contributed by atoms with Crippen LogP contribution in [-0.4, -0.2) is 4.57 Å². The number of benzene rings is 1. The highest BCUT2D eigenvalue weighted by atomic mass is 35.5. The van der Waals surface area contributed by atoms with Gasteiger partial charge in [-0.05, 0) is 30.9 Å². The Hall–Kier alpha value is -0.990. The number of rotatable bonds is 1. The molecule has 3 rings (SSSR count). The van der Waals surface area contributed by atoms with Crippen molar-refractivity contribution in [2.75, 3.05) is 0 Å². The fraction of sp³-hybridized carbons (Fsp3) is 0.385. The van der Waals surface area contributed by atoms with Crippen molar-refractivity contribution in [3.8, 4) is 0 Å². The molecule has 1 fully saturated rings. The number of aromatic nitrogens is 1. The van der Waals surface area contributed by atoms with Gasteiger partial charge in [0.05, 0.1) is 5.02 Å². The molecule has 1 aliphatic carbocycles. The maximum absolute atomic E-state index is 6.40. The molecule has 1 heterocycles. The van der Waals surface area contributed by atoms with Crippen LogP contribution in [0.2, 0.25) is 5.02 Å². The summed E-state index contributed by atoms with van der Waals surface area (Å²) in [5.74, 6) is 0. The van der Waals surface area contributed by atoms with Gasteiger partial charge in [-0.1, -0.05) is 23.7 Å². The number of hydrogen-bond acceptors (Lipinski definition) is 1. The lowest BCUT2D eigenvalue weighted by Gasteiger charge is -2.39. The molecule has 1 saturated carbocycles. The van der Waals surface area contributed by atoms with E-state index in [1.54, 1.807) is 0 Å². The van der Waals surface area contributed by atoms with Crippen LogP contribution in [0, 0.1) is 0 Å². The molecule has 84 valence electrons. The van der Waals surface area contributed by atoms with Gasteiger partial charge in [-0.2, -0.15) is 0 Å². The second-order valence-corrected chi connectivity index (χ2v) is 5.20. The van der Waals surface area contributed by atoms with Gasteiger partial charge in [-0.25, -0.2) is 0 Å².